The van der Waals surface area contributed by atoms with Gasteiger partial charge in [0.25, 0.3) is 0 Å². The van der Waals surface area contributed by atoms with Gasteiger partial charge in [-0.1, -0.05) is 30.3 Å². The fraction of sp³-hybridized carbons (Fsp3) is 0.176. The molecule has 108 valence electrons. The van der Waals surface area contributed by atoms with Crippen LogP contribution in [0, 0.1) is 11.6 Å². The van der Waals surface area contributed by atoms with Gasteiger partial charge < -0.3 is 9.73 Å². The maximum atomic E-state index is 13.8. The first kappa shape index (κ1) is 13.8. The summed E-state index contributed by atoms with van der Waals surface area (Å²) in [6.45, 7) is 0. The lowest BCUT2D eigenvalue weighted by atomic mass is 10.0. The third kappa shape index (κ3) is 2.67. The zero-order valence-electron chi connectivity index (χ0n) is 11.6. The van der Waals surface area contributed by atoms with E-state index in [4.69, 9.17) is 4.42 Å². The van der Waals surface area contributed by atoms with Crippen LogP contribution >= 0.6 is 0 Å². The van der Waals surface area contributed by atoms with Crippen LogP contribution in [0.2, 0.25) is 0 Å². The summed E-state index contributed by atoms with van der Waals surface area (Å²) in [6, 6.07) is 13.0. The Labute approximate surface area is 121 Å². The van der Waals surface area contributed by atoms with Gasteiger partial charge in [-0.2, -0.15) is 0 Å². The van der Waals surface area contributed by atoms with E-state index in [1.807, 2.05) is 0 Å². The van der Waals surface area contributed by atoms with Crippen molar-refractivity contribution in [1.82, 2.24) is 5.32 Å². The van der Waals surface area contributed by atoms with Crippen LogP contribution in [0.1, 0.15) is 17.4 Å². The molecule has 2 nitrogen and oxygen atoms in total. The molecule has 0 saturated carbocycles. The van der Waals surface area contributed by atoms with Crippen LogP contribution in [-0.4, -0.2) is 7.05 Å². The normalized spacial score (nSPS) is 12.7. The quantitative estimate of drug-likeness (QED) is 0.777. The van der Waals surface area contributed by atoms with Crippen LogP contribution in [0.3, 0.4) is 0 Å². The molecule has 0 fully saturated rings. The summed E-state index contributed by atoms with van der Waals surface area (Å²) in [5.74, 6) is -0.0413. The number of halogens is 2. The van der Waals surface area contributed by atoms with Crippen LogP contribution in [0.5, 0.6) is 0 Å². The molecule has 1 N–H and O–H groups in total. The smallest absolute Gasteiger partial charge is 0.169 e. The monoisotopic (exact) mass is 287 g/mol. The molecule has 1 unspecified atom stereocenters. The number of benzene rings is 2. The molecule has 1 atom stereocenters. The number of para-hydroxylation sites is 1. The summed E-state index contributed by atoms with van der Waals surface area (Å²) in [6.07, 6.45) is 0.435. The number of rotatable bonds is 4. The van der Waals surface area contributed by atoms with Gasteiger partial charge in [-0.25, -0.2) is 8.78 Å². The Morgan fingerprint density at radius 1 is 1.05 bits per heavy atom. The summed E-state index contributed by atoms with van der Waals surface area (Å²) >= 11 is 0. The van der Waals surface area contributed by atoms with Crippen molar-refractivity contribution in [1.29, 1.82) is 0 Å². The molecule has 0 aliphatic rings. The fourth-order valence-corrected chi connectivity index (χ4v) is 2.45. The molecule has 4 heteroatoms. The summed E-state index contributed by atoms with van der Waals surface area (Å²) in [4.78, 5) is 0. The second-order valence-corrected chi connectivity index (χ2v) is 4.94. The highest BCUT2D eigenvalue weighted by atomic mass is 19.1. The predicted octanol–water partition coefficient (Wildman–Crippen LogP) is 4.21. The summed E-state index contributed by atoms with van der Waals surface area (Å²) in [5.41, 5.74) is 0.832. The van der Waals surface area contributed by atoms with E-state index in [1.54, 1.807) is 43.4 Å². The van der Waals surface area contributed by atoms with Crippen molar-refractivity contribution in [2.75, 3.05) is 7.05 Å². The molecular formula is C17H15F2NO. The van der Waals surface area contributed by atoms with Crippen molar-refractivity contribution in [3.63, 3.8) is 0 Å². The fourth-order valence-electron chi connectivity index (χ4n) is 2.45. The molecule has 0 spiro atoms. The summed E-state index contributed by atoms with van der Waals surface area (Å²) in [5, 5.41) is 3.80. The van der Waals surface area contributed by atoms with Crippen LogP contribution in [0.15, 0.2) is 52.9 Å². The van der Waals surface area contributed by atoms with Crippen LogP contribution in [0.25, 0.3) is 11.0 Å². The van der Waals surface area contributed by atoms with Gasteiger partial charge in [0, 0.05) is 5.39 Å². The van der Waals surface area contributed by atoms with E-state index in [9.17, 15) is 8.78 Å². The SMILES string of the molecule is CNC(Cc1ccccc1F)c1cc2cccc(F)c2o1. The molecule has 0 radical (unpaired) electrons. The lowest BCUT2D eigenvalue weighted by Gasteiger charge is -2.14. The first-order valence-electron chi connectivity index (χ1n) is 6.77. The second-order valence-electron chi connectivity index (χ2n) is 4.94. The molecule has 0 aliphatic carbocycles. The first-order valence-corrected chi connectivity index (χ1v) is 6.77. The van der Waals surface area contributed by atoms with Gasteiger partial charge in [-0.05, 0) is 37.2 Å². The second kappa shape index (κ2) is 5.66. The van der Waals surface area contributed by atoms with E-state index in [0.717, 1.165) is 0 Å². The van der Waals surface area contributed by atoms with Crippen molar-refractivity contribution in [3.8, 4) is 0 Å². The van der Waals surface area contributed by atoms with Crippen molar-refractivity contribution in [3.05, 3.63) is 71.5 Å². The summed E-state index contributed by atoms with van der Waals surface area (Å²) < 4.78 is 33.0. The van der Waals surface area contributed by atoms with Gasteiger partial charge in [0.2, 0.25) is 0 Å². The van der Waals surface area contributed by atoms with Crippen molar-refractivity contribution >= 4 is 11.0 Å². The average molecular weight is 287 g/mol. The lowest BCUT2D eigenvalue weighted by Crippen LogP contribution is -2.18. The third-order valence-corrected chi connectivity index (χ3v) is 3.59. The van der Waals surface area contributed by atoms with E-state index < -0.39 is 0 Å². The minimum Gasteiger partial charge on any atom is -0.456 e. The highest BCUT2D eigenvalue weighted by Crippen LogP contribution is 2.28. The predicted molar refractivity (Wildman–Crippen MR) is 78.1 cm³/mol. The Kier molecular flexibility index (Phi) is 3.71. The van der Waals surface area contributed by atoms with Gasteiger partial charge in [0.05, 0.1) is 6.04 Å². The Balaban J connectivity index is 1.95. The van der Waals surface area contributed by atoms with E-state index in [1.165, 1.54) is 12.1 Å². The van der Waals surface area contributed by atoms with Crippen LogP contribution in [0.4, 0.5) is 8.78 Å². The van der Waals surface area contributed by atoms with Crippen LogP contribution in [-0.2, 0) is 6.42 Å². The highest BCUT2D eigenvalue weighted by Gasteiger charge is 2.18. The van der Waals surface area contributed by atoms with Gasteiger partial charge in [0.1, 0.15) is 11.6 Å². The molecule has 2 aromatic carbocycles. The molecule has 0 amide bonds. The van der Waals surface area contributed by atoms with Gasteiger partial charge in [-0.3, -0.25) is 0 Å². The third-order valence-electron chi connectivity index (χ3n) is 3.59. The van der Waals surface area contributed by atoms with Gasteiger partial charge in [0.15, 0.2) is 11.4 Å². The minimum absolute atomic E-state index is 0.214. The lowest BCUT2D eigenvalue weighted by molar-refractivity contribution is 0.437. The van der Waals surface area contributed by atoms with E-state index in [2.05, 4.69) is 5.32 Å². The number of fused-ring (bicyclic) bond motifs is 1. The maximum Gasteiger partial charge on any atom is 0.169 e. The maximum absolute atomic E-state index is 13.8. The molecule has 0 saturated heterocycles. The van der Waals surface area contributed by atoms with Crippen molar-refractivity contribution < 1.29 is 13.2 Å². The number of hydrogen-bond donors (Lipinski definition) is 1. The Hall–Kier alpha value is -2.20. The number of nitrogens with one attached hydrogen (secondary N) is 1. The van der Waals surface area contributed by atoms with E-state index in [0.29, 0.717) is 23.1 Å². The minimum atomic E-state index is -0.389. The van der Waals surface area contributed by atoms with Crippen molar-refractivity contribution in [2.24, 2.45) is 0 Å². The van der Waals surface area contributed by atoms with Gasteiger partial charge in [-0.15, -0.1) is 0 Å². The Morgan fingerprint density at radius 2 is 1.81 bits per heavy atom. The number of likely N-dealkylation sites (N-methyl/N-ethyl adjacent to an activating group) is 1. The van der Waals surface area contributed by atoms with E-state index >= 15 is 0 Å². The largest absolute Gasteiger partial charge is 0.456 e. The number of furan rings is 1. The van der Waals surface area contributed by atoms with Crippen molar-refractivity contribution in [2.45, 2.75) is 12.5 Å². The Bertz CT molecular complexity index is 766. The number of hydrogen-bond acceptors (Lipinski definition) is 2. The van der Waals surface area contributed by atoms with Gasteiger partial charge >= 0.3 is 0 Å². The molecule has 1 heterocycles. The summed E-state index contributed by atoms with van der Waals surface area (Å²) in [7, 11) is 1.77. The molecule has 0 bridgehead atoms. The molecule has 3 rings (SSSR count). The topological polar surface area (TPSA) is 25.2 Å². The van der Waals surface area contributed by atoms with E-state index in [-0.39, 0.29) is 23.3 Å². The average Bonchev–Trinajstić information content (AvgIpc) is 2.92. The first-order chi connectivity index (χ1) is 10.2. The van der Waals surface area contributed by atoms with Crippen LogP contribution < -0.4 is 5.32 Å². The molecule has 0 aliphatic heterocycles. The molecular weight excluding hydrogens is 272 g/mol. The highest BCUT2D eigenvalue weighted by molar-refractivity contribution is 5.78. The molecule has 3 aromatic rings. The zero-order valence-corrected chi connectivity index (χ0v) is 11.6. The Morgan fingerprint density at radius 3 is 2.52 bits per heavy atom. The zero-order chi connectivity index (χ0) is 14.8. The standard InChI is InChI=1S/C17H15F2NO/c1-20-15(9-11-5-2-3-7-13(11)18)16-10-12-6-4-8-14(19)17(12)21-16/h2-8,10,15,20H,9H2,1H3. The molecule has 21 heavy (non-hydrogen) atoms. The molecule has 1 aromatic heterocycles.